The maximum absolute atomic E-state index is 12.3. The molecular formula is C17H19N5O3. The Bertz CT molecular complexity index is 823. The Morgan fingerprint density at radius 1 is 1.24 bits per heavy atom. The molecule has 1 aliphatic rings. The molecule has 1 atom stereocenters. The van der Waals surface area contributed by atoms with E-state index in [1.165, 1.54) is 0 Å². The van der Waals surface area contributed by atoms with Gasteiger partial charge in [-0.15, -0.1) is 0 Å². The van der Waals surface area contributed by atoms with Crippen LogP contribution in [-0.2, 0) is 9.59 Å². The van der Waals surface area contributed by atoms with E-state index in [-0.39, 0.29) is 30.6 Å². The molecule has 0 aliphatic carbocycles. The van der Waals surface area contributed by atoms with Gasteiger partial charge in [-0.1, -0.05) is 12.1 Å². The summed E-state index contributed by atoms with van der Waals surface area (Å²) in [6.45, 7) is 3.60. The third-order valence-electron chi connectivity index (χ3n) is 4.10. The Balaban J connectivity index is 1.63. The molecule has 1 aromatic heterocycles. The standard InChI is InChI=1S/C17H19N5O3/c1-9-15(10(2)22-21-9)20-14(23)8-7-13-17(25)18-12-6-4-3-5-11(12)16(24)19-13/h3-6,13H,7-8H2,1-2H3,(H,18,25)(H,19,24)(H,20,23)(H,21,22)/t13-/m0/s1. The van der Waals surface area contributed by atoms with Crippen molar-refractivity contribution in [2.75, 3.05) is 10.6 Å². The molecule has 2 heterocycles. The number of anilines is 2. The van der Waals surface area contributed by atoms with Crippen LogP contribution in [0.15, 0.2) is 24.3 Å². The number of nitrogens with one attached hydrogen (secondary N) is 4. The third kappa shape index (κ3) is 3.52. The van der Waals surface area contributed by atoms with E-state index in [1.807, 2.05) is 6.92 Å². The predicted octanol–water partition coefficient (Wildman–Crippen LogP) is 1.50. The molecule has 0 unspecified atom stereocenters. The van der Waals surface area contributed by atoms with E-state index in [4.69, 9.17) is 0 Å². The summed E-state index contributed by atoms with van der Waals surface area (Å²) in [6, 6.07) is 6.03. The van der Waals surface area contributed by atoms with E-state index in [2.05, 4.69) is 26.1 Å². The summed E-state index contributed by atoms with van der Waals surface area (Å²) in [7, 11) is 0. The molecule has 3 rings (SSSR count). The number of rotatable bonds is 4. The van der Waals surface area contributed by atoms with Gasteiger partial charge in [0.1, 0.15) is 6.04 Å². The van der Waals surface area contributed by atoms with E-state index in [0.29, 0.717) is 22.6 Å². The summed E-state index contributed by atoms with van der Waals surface area (Å²) in [4.78, 5) is 36.7. The molecule has 130 valence electrons. The fourth-order valence-electron chi connectivity index (χ4n) is 2.73. The van der Waals surface area contributed by atoms with Crippen molar-refractivity contribution in [2.24, 2.45) is 0 Å². The number of fused-ring (bicyclic) bond motifs is 1. The highest BCUT2D eigenvalue weighted by Crippen LogP contribution is 2.20. The Kier molecular flexibility index (Phi) is 4.51. The Labute approximate surface area is 144 Å². The number of benzene rings is 1. The molecule has 0 spiro atoms. The number of aromatic nitrogens is 2. The number of hydrogen-bond donors (Lipinski definition) is 4. The van der Waals surface area contributed by atoms with E-state index < -0.39 is 6.04 Å². The number of carbonyl (C=O) groups is 3. The van der Waals surface area contributed by atoms with Crippen molar-refractivity contribution < 1.29 is 14.4 Å². The minimum Gasteiger partial charge on any atom is -0.340 e. The molecular weight excluding hydrogens is 322 g/mol. The predicted molar refractivity (Wildman–Crippen MR) is 92.3 cm³/mol. The second-order valence-corrected chi connectivity index (χ2v) is 5.96. The smallest absolute Gasteiger partial charge is 0.254 e. The molecule has 8 nitrogen and oxygen atoms in total. The molecule has 0 saturated heterocycles. The first-order chi connectivity index (χ1) is 12.0. The maximum Gasteiger partial charge on any atom is 0.254 e. The highest BCUT2D eigenvalue weighted by atomic mass is 16.2. The van der Waals surface area contributed by atoms with Gasteiger partial charge < -0.3 is 16.0 Å². The normalized spacial score (nSPS) is 16.5. The van der Waals surface area contributed by atoms with Crippen molar-refractivity contribution in [1.82, 2.24) is 15.5 Å². The Morgan fingerprint density at radius 3 is 2.72 bits per heavy atom. The van der Waals surface area contributed by atoms with Gasteiger partial charge in [0, 0.05) is 6.42 Å². The van der Waals surface area contributed by atoms with Crippen molar-refractivity contribution in [1.29, 1.82) is 0 Å². The van der Waals surface area contributed by atoms with Gasteiger partial charge in [0.05, 0.1) is 28.3 Å². The van der Waals surface area contributed by atoms with E-state index >= 15 is 0 Å². The lowest BCUT2D eigenvalue weighted by atomic mass is 10.1. The fourth-order valence-corrected chi connectivity index (χ4v) is 2.73. The van der Waals surface area contributed by atoms with Gasteiger partial charge in [-0.2, -0.15) is 5.10 Å². The molecule has 1 aliphatic heterocycles. The largest absolute Gasteiger partial charge is 0.340 e. The highest BCUT2D eigenvalue weighted by Gasteiger charge is 2.28. The van der Waals surface area contributed by atoms with Crippen molar-refractivity contribution in [3.8, 4) is 0 Å². The average Bonchev–Trinajstić information content (AvgIpc) is 2.83. The number of nitrogens with zero attached hydrogens (tertiary/aromatic N) is 1. The van der Waals surface area contributed by atoms with Crippen LogP contribution in [0.25, 0.3) is 0 Å². The van der Waals surface area contributed by atoms with Crippen molar-refractivity contribution in [3.05, 3.63) is 41.2 Å². The van der Waals surface area contributed by atoms with Crippen LogP contribution in [0.3, 0.4) is 0 Å². The van der Waals surface area contributed by atoms with Gasteiger partial charge in [0.2, 0.25) is 11.8 Å². The zero-order valence-corrected chi connectivity index (χ0v) is 14.0. The number of H-pyrrole nitrogens is 1. The molecule has 4 N–H and O–H groups in total. The summed E-state index contributed by atoms with van der Waals surface area (Å²) in [5.41, 5.74) is 2.99. The monoisotopic (exact) mass is 341 g/mol. The Morgan fingerprint density at radius 2 is 2.00 bits per heavy atom. The molecule has 8 heteroatoms. The SMILES string of the molecule is Cc1n[nH]c(C)c1NC(=O)CC[C@@H]1NC(=O)c2ccccc2NC1=O. The first-order valence-electron chi connectivity index (χ1n) is 7.98. The number of carbonyl (C=O) groups excluding carboxylic acids is 3. The van der Waals surface area contributed by atoms with Crippen LogP contribution in [-0.4, -0.2) is 34.0 Å². The minimum absolute atomic E-state index is 0.0960. The van der Waals surface area contributed by atoms with Crippen LogP contribution in [0.5, 0.6) is 0 Å². The van der Waals surface area contributed by atoms with Crippen LogP contribution in [0, 0.1) is 13.8 Å². The molecule has 0 radical (unpaired) electrons. The highest BCUT2D eigenvalue weighted by molar-refractivity contribution is 6.10. The maximum atomic E-state index is 12.3. The summed E-state index contributed by atoms with van der Waals surface area (Å²) in [5.74, 6) is -0.904. The minimum atomic E-state index is -0.766. The van der Waals surface area contributed by atoms with Crippen molar-refractivity contribution in [3.63, 3.8) is 0 Å². The summed E-state index contributed by atoms with van der Waals surface area (Å²) < 4.78 is 0. The average molecular weight is 341 g/mol. The molecule has 2 aromatic rings. The number of hydrogen-bond acceptors (Lipinski definition) is 4. The first kappa shape index (κ1) is 16.7. The van der Waals surface area contributed by atoms with Gasteiger partial charge in [0.15, 0.2) is 0 Å². The van der Waals surface area contributed by atoms with E-state index in [9.17, 15) is 14.4 Å². The van der Waals surface area contributed by atoms with Crippen LogP contribution in [0.2, 0.25) is 0 Å². The van der Waals surface area contributed by atoms with Gasteiger partial charge in [-0.05, 0) is 32.4 Å². The quantitative estimate of drug-likeness (QED) is 0.674. The number of amides is 3. The van der Waals surface area contributed by atoms with Crippen LogP contribution in [0.4, 0.5) is 11.4 Å². The topological polar surface area (TPSA) is 116 Å². The molecule has 0 saturated carbocycles. The van der Waals surface area contributed by atoms with Crippen LogP contribution in [0.1, 0.15) is 34.6 Å². The van der Waals surface area contributed by atoms with Crippen molar-refractivity contribution in [2.45, 2.75) is 32.7 Å². The summed E-state index contributed by atoms with van der Waals surface area (Å²) in [5, 5.41) is 15.0. The zero-order valence-electron chi connectivity index (χ0n) is 14.0. The summed E-state index contributed by atoms with van der Waals surface area (Å²) in [6.07, 6.45) is 0.298. The van der Waals surface area contributed by atoms with Gasteiger partial charge in [-0.3, -0.25) is 19.5 Å². The first-order valence-corrected chi connectivity index (χ1v) is 7.98. The molecule has 1 aromatic carbocycles. The second-order valence-electron chi connectivity index (χ2n) is 5.96. The van der Waals surface area contributed by atoms with Crippen molar-refractivity contribution >= 4 is 29.1 Å². The lowest BCUT2D eigenvalue weighted by Gasteiger charge is -2.14. The van der Waals surface area contributed by atoms with Gasteiger partial charge >= 0.3 is 0 Å². The molecule has 3 amide bonds. The fraction of sp³-hybridized carbons (Fsp3) is 0.294. The van der Waals surface area contributed by atoms with Crippen LogP contribution >= 0.6 is 0 Å². The van der Waals surface area contributed by atoms with E-state index in [0.717, 1.165) is 5.69 Å². The molecule has 0 fully saturated rings. The lowest BCUT2D eigenvalue weighted by molar-refractivity contribution is -0.118. The summed E-state index contributed by atoms with van der Waals surface area (Å²) >= 11 is 0. The van der Waals surface area contributed by atoms with E-state index in [1.54, 1.807) is 31.2 Å². The number of aryl methyl sites for hydroxylation is 2. The lowest BCUT2D eigenvalue weighted by Crippen LogP contribution is -2.41. The number of aromatic amines is 1. The molecule has 0 bridgehead atoms. The van der Waals surface area contributed by atoms with Gasteiger partial charge in [0.25, 0.3) is 5.91 Å². The second kappa shape index (κ2) is 6.76. The zero-order chi connectivity index (χ0) is 18.0. The van der Waals surface area contributed by atoms with Crippen LogP contribution < -0.4 is 16.0 Å². The Hall–Kier alpha value is -3.16. The van der Waals surface area contributed by atoms with Gasteiger partial charge in [-0.25, -0.2) is 0 Å². The molecule has 25 heavy (non-hydrogen) atoms. The third-order valence-corrected chi connectivity index (χ3v) is 4.10. The number of para-hydroxylation sites is 1.